The van der Waals surface area contributed by atoms with Gasteiger partial charge in [0.2, 0.25) is 0 Å². The zero-order chi connectivity index (χ0) is 15.0. The summed E-state index contributed by atoms with van der Waals surface area (Å²) in [6.07, 6.45) is 3.01. The minimum atomic E-state index is -0.311. The summed E-state index contributed by atoms with van der Waals surface area (Å²) >= 11 is 12.0. The van der Waals surface area contributed by atoms with Crippen molar-refractivity contribution in [1.29, 1.82) is 0 Å². The van der Waals surface area contributed by atoms with E-state index in [1.807, 2.05) is 13.8 Å². The average molecular weight is 319 g/mol. The van der Waals surface area contributed by atoms with Crippen LogP contribution in [0, 0.1) is 6.92 Å². The molecule has 112 valence electrons. The van der Waals surface area contributed by atoms with Crippen LogP contribution in [0.3, 0.4) is 0 Å². The number of benzene rings is 1. The van der Waals surface area contributed by atoms with Gasteiger partial charge in [0.25, 0.3) is 0 Å². The maximum absolute atomic E-state index is 11.7. The molecule has 3 nitrogen and oxygen atoms in total. The standard InChI is InChI=1S/C15H20Cl2O3/c1-3-19-8-6-4-5-7-14(18)20-15-12(16)9-11(2)10-13(15)17/h9-10H,3-8H2,1-2H3. The SMILES string of the molecule is CCOCCCCCC(=O)Oc1c(Cl)cc(C)cc1Cl. The Bertz CT molecular complexity index is 424. The van der Waals surface area contributed by atoms with Gasteiger partial charge in [-0.25, -0.2) is 0 Å². The Labute approximate surface area is 130 Å². The Morgan fingerprint density at radius 2 is 1.80 bits per heavy atom. The van der Waals surface area contributed by atoms with E-state index < -0.39 is 0 Å². The Hall–Kier alpha value is -0.770. The van der Waals surface area contributed by atoms with Crippen LogP contribution in [0.1, 0.15) is 38.2 Å². The highest BCUT2D eigenvalue weighted by Gasteiger charge is 2.12. The molecular weight excluding hydrogens is 299 g/mol. The zero-order valence-electron chi connectivity index (χ0n) is 11.9. The van der Waals surface area contributed by atoms with Gasteiger partial charge in [0.15, 0.2) is 5.75 Å². The molecule has 0 spiro atoms. The van der Waals surface area contributed by atoms with Crippen LogP contribution in [0.25, 0.3) is 0 Å². The molecule has 1 aromatic carbocycles. The van der Waals surface area contributed by atoms with Gasteiger partial charge in [-0.1, -0.05) is 29.6 Å². The lowest BCUT2D eigenvalue weighted by atomic mass is 10.2. The maximum Gasteiger partial charge on any atom is 0.311 e. The number of rotatable bonds is 8. The van der Waals surface area contributed by atoms with Gasteiger partial charge in [0.1, 0.15) is 0 Å². The van der Waals surface area contributed by atoms with Gasteiger partial charge in [-0.15, -0.1) is 0 Å². The van der Waals surface area contributed by atoms with Crippen LogP contribution >= 0.6 is 23.2 Å². The van der Waals surface area contributed by atoms with Gasteiger partial charge >= 0.3 is 5.97 Å². The molecule has 0 aliphatic rings. The van der Waals surface area contributed by atoms with Crippen molar-refractivity contribution in [2.75, 3.05) is 13.2 Å². The van der Waals surface area contributed by atoms with Crippen molar-refractivity contribution < 1.29 is 14.3 Å². The molecule has 0 saturated heterocycles. The Balaban J connectivity index is 2.36. The van der Waals surface area contributed by atoms with Crippen LogP contribution in [0.15, 0.2) is 12.1 Å². The van der Waals surface area contributed by atoms with Gasteiger partial charge in [0.05, 0.1) is 10.0 Å². The molecule has 0 aliphatic carbocycles. The van der Waals surface area contributed by atoms with Gasteiger partial charge in [-0.05, 0) is 44.4 Å². The minimum Gasteiger partial charge on any atom is -0.423 e. The molecule has 0 heterocycles. The van der Waals surface area contributed by atoms with Crippen molar-refractivity contribution >= 4 is 29.2 Å². The second kappa shape index (κ2) is 9.22. The van der Waals surface area contributed by atoms with E-state index in [9.17, 15) is 4.79 Å². The molecular formula is C15H20Cl2O3. The normalized spacial score (nSPS) is 10.6. The molecule has 0 N–H and O–H groups in total. The first-order valence-electron chi connectivity index (χ1n) is 6.78. The molecule has 0 bridgehead atoms. The van der Waals surface area contributed by atoms with Gasteiger partial charge < -0.3 is 9.47 Å². The molecule has 0 fully saturated rings. The summed E-state index contributed by atoms with van der Waals surface area (Å²) in [4.78, 5) is 11.7. The fourth-order valence-corrected chi connectivity index (χ4v) is 2.42. The molecule has 0 radical (unpaired) electrons. The summed E-state index contributed by atoms with van der Waals surface area (Å²) in [6, 6.07) is 3.44. The van der Waals surface area contributed by atoms with Crippen LogP contribution in [0.2, 0.25) is 10.0 Å². The predicted molar refractivity (Wildman–Crippen MR) is 81.8 cm³/mol. The van der Waals surface area contributed by atoms with E-state index in [-0.39, 0.29) is 11.7 Å². The monoisotopic (exact) mass is 318 g/mol. The van der Waals surface area contributed by atoms with E-state index in [0.717, 1.165) is 38.0 Å². The van der Waals surface area contributed by atoms with Gasteiger partial charge in [-0.2, -0.15) is 0 Å². The summed E-state index contributed by atoms with van der Waals surface area (Å²) in [6.45, 7) is 5.31. The number of unbranched alkanes of at least 4 members (excludes halogenated alkanes) is 2. The van der Waals surface area contributed by atoms with Crippen molar-refractivity contribution in [3.63, 3.8) is 0 Å². The zero-order valence-corrected chi connectivity index (χ0v) is 13.4. The van der Waals surface area contributed by atoms with Crippen LogP contribution in [0.5, 0.6) is 5.75 Å². The Morgan fingerprint density at radius 3 is 2.40 bits per heavy atom. The predicted octanol–water partition coefficient (Wildman–Crippen LogP) is 4.80. The third-order valence-corrected chi connectivity index (χ3v) is 3.29. The summed E-state index contributed by atoms with van der Waals surface area (Å²) in [5.74, 6) is -0.0627. The highest BCUT2D eigenvalue weighted by Crippen LogP contribution is 2.34. The molecule has 20 heavy (non-hydrogen) atoms. The van der Waals surface area contributed by atoms with Crippen molar-refractivity contribution in [3.05, 3.63) is 27.7 Å². The fourth-order valence-electron chi connectivity index (χ4n) is 1.74. The number of aryl methyl sites for hydroxylation is 1. The van der Waals surface area contributed by atoms with Gasteiger partial charge in [0, 0.05) is 19.6 Å². The smallest absolute Gasteiger partial charge is 0.311 e. The van der Waals surface area contributed by atoms with E-state index in [1.54, 1.807) is 12.1 Å². The lowest BCUT2D eigenvalue weighted by Crippen LogP contribution is -2.08. The number of carbonyl (C=O) groups is 1. The Morgan fingerprint density at radius 1 is 1.15 bits per heavy atom. The number of hydrogen-bond donors (Lipinski definition) is 0. The summed E-state index contributed by atoms with van der Waals surface area (Å²) in [5.41, 5.74) is 0.927. The lowest BCUT2D eigenvalue weighted by Gasteiger charge is -2.09. The summed E-state index contributed by atoms with van der Waals surface area (Å²) < 4.78 is 10.5. The lowest BCUT2D eigenvalue weighted by molar-refractivity contribution is -0.134. The molecule has 0 amide bonds. The number of halogens is 2. The number of carbonyl (C=O) groups excluding carboxylic acids is 1. The first kappa shape index (κ1) is 17.3. The molecule has 0 atom stereocenters. The summed E-state index contributed by atoms with van der Waals surface area (Å²) in [7, 11) is 0. The third-order valence-electron chi connectivity index (χ3n) is 2.73. The highest BCUT2D eigenvalue weighted by molar-refractivity contribution is 6.37. The van der Waals surface area contributed by atoms with Crippen molar-refractivity contribution in [3.8, 4) is 5.75 Å². The van der Waals surface area contributed by atoms with Gasteiger partial charge in [-0.3, -0.25) is 4.79 Å². The van der Waals surface area contributed by atoms with Crippen molar-refractivity contribution in [2.24, 2.45) is 0 Å². The molecule has 0 aliphatic heterocycles. The van der Waals surface area contributed by atoms with E-state index in [1.165, 1.54) is 0 Å². The quantitative estimate of drug-likeness (QED) is 0.392. The molecule has 1 rings (SSSR count). The number of esters is 1. The second-order valence-corrected chi connectivity index (χ2v) is 5.35. The van der Waals surface area contributed by atoms with Crippen molar-refractivity contribution in [1.82, 2.24) is 0 Å². The molecule has 0 unspecified atom stereocenters. The first-order chi connectivity index (χ1) is 9.54. The van der Waals surface area contributed by atoms with Crippen LogP contribution in [-0.2, 0) is 9.53 Å². The minimum absolute atomic E-state index is 0.248. The maximum atomic E-state index is 11.7. The Kier molecular flexibility index (Phi) is 7.97. The largest absolute Gasteiger partial charge is 0.423 e. The van der Waals surface area contributed by atoms with Crippen molar-refractivity contribution in [2.45, 2.75) is 39.5 Å². The molecule has 0 aromatic heterocycles. The average Bonchev–Trinajstić information content (AvgIpc) is 2.38. The number of hydrogen-bond acceptors (Lipinski definition) is 3. The topological polar surface area (TPSA) is 35.5 Å². The van der Waals surface area contributed by atoms with E-state index in [0.29, 0.717) is 16.5 Å². The van der Waals surface area contributed by atoms with Crippen LogP contribution < -0.4 is 4.74 Å². The summed E-state index contributed by atoms with van der Waals surface area (Å²) in [5, 5.41) is 0.722. The third kappa shape index (κ3) is 6.12. The first-order valence-corrected chi connectivity index (χ1v) is 7.54. The van der Waals surface area contributed by atoms with Crippen LogP contribution in [-0.4, -0.2) is 19.2 Å². The molecule has 5 heteroatoms. The fraction of sp³-hybridized carbons (Fsp3) is 0.533. The number of ether oxygens (including phenoxy) is 2. The molecule has 0 saturated carbocycles. The van der Waals surface area contributed by atoms with E-state index >= 15 is 0 Å². The second-order valence-electron chi connectivity index (χ2n) is 4.54. The van der Waals surface area contributed by atoms with Crippen LogP contribution in [0.4, 0.5) is 0 Å². The van der Waals surface area contributed by atoms with E-state index in [4.69, 9.17) is 32.7 Å². The molecule has 1 aromatic rings. The highest BCUT2D eigenvalue weighted by atomic mass is 35.5. The van der Waals surface area contributed by atoms with E-state index in [2.05, 4.69) is 0 Å².